The predicted octanol–water partition coefficient (Wildman–Crippen LogP) is 3.41. The van der Waals surface area contributed by atoms with E-state index in [1.54, 1.807) is 28.9 Å². The number of rotatable bonds is 4. The Morgan fingerprint density at radius 3 is 2.33 bits per heavy atom. The van der Waals surface area contributed by atoms with Gasteiger partial charge in [0.1, 0.15) is 10.6 Å². The summed E-state index contributed by atoms with van der Waals surface area (Å²) in [6.45, 7) is 11.2. The van der Waals surface area contributed by atoms with Crippen molar-refractivity contribution in [1.29, 1.82) is 0 Å². The molecule has 0 spiro atoms. The number of anilines is 1. The number of carbonyl (C=O) groups is 1. The second-order valence-corrected chi connectivity index (χ2v) is 11.7. The number of amides is 1. The van der Waals surface area contributed by atoms with Crippen LogP contribution in [0.1, 0.15) is 48.4 Å². The zero-order chi connectivity index (χ0) is 23.9. The van der Waals surface area contributed by atoms with Crippen molar-refractivity contribution in [2.75, 3.05) is 37.6 Å². The number of nitrogens with zero attached hydrogens (tertiary/aromatic N) is 4. The first-order valence-corrected chi connectivity index (χ1v) is 13.3. The van der Waals surface area contributed by atoms with Crippen LogP contribution in [0.2, 0.25) is 0 Å². The van der Waals surface area contributed by atoms with E-state index in [-0.39, 0.29) is 16.8 Å². The highest BCUT2D eigenvalue weighted by molar-refractivity contribution is 7.89. The number of sulfonamides is 1. The van der Waals surface area contributed by atoms with E-state index in [9.17, 15) is 13.2 Å². The fourth-order valence-electron chi connectivity index (χ4n) is 5.00. The number of hydrogen-bond acceptors (Lipinski definition) is 4. The molecular formula is C25H36N4O3S. The van der Waals surface area contributed by atoms with Crippen LogP contribution in [-0.2, 0) is 17.1 Å². The number of aryl methyl sites for hydroxylation is 1. The number of carbonyl (C=O) groups excluding carboxylic acids is 1. The molecule has 1 aromatic heterocycles. The second kappa shape index (κ2) is 9.14. The van der Waals surface area contributed by atoms with Gasteiger partial charge in [-0.25, -0.2) is 8.42 Å². The van der Waals surface area contributed by atoms with Crippen LogP contribution >= 0.6 is 0 Å². The van der Waals surface area contributed by atoms with Gasteiger partial charge < -0.3 is 14.4 Å². The molecule has 8 heteroatoms. The Morgan fingerprint density at radius 1 is 1.00 bits per heavy atom. The van der Waals surface area contributed by atoms with Gasteiger partial charge in [-0.15, -0.1) is 0 Å². The average molecular weight is 473 g/mol. The molecule has 2 saturated heterocycles. The number of piperazine rings is 1. The largest absolute Gasteiger partial charge is 0.365 e. The molecule has 2 aromatic rings. The van der Waals surface area contributed by atoms with Gasteiger partial charge in [-0.1, -0.05) is 19.1 Å². The van der Waals surface area contributed by atoms with E-state index in [2.05, 4.69) is 49.9 Å². The van der Waals surface area contributed by atoms with Crippen LogP contribution in [0.3, 0.4) is 0 Å². The second-order valence-electron chi connectivity index (χ2n) is 9.76. The van der Waals surface area contributed by atoms with Crippen molar-refractivity contribution in [2.45, 2.75) is 51.5 Å². The number of aromatic nitrogens is 1. The lowest BCUT2D eigenvalue weighted by Crippen LogP contribution is -2.54. The molecule has 4 rings (SSSR count). The van der Waals surface area contributed by atoms with Gasteiger partial charge in [-0.05, 0) is 63.3 Å². The zero-order valence-electron chi connectivity index (χ0n) is 20.4. The summed E-state index contributed by atoms with van der Waals surface area (Å²) in [4.78, 5) is 17.9. The molecule has 0 radical (unpaired) electrons. The van der Waals surface area contributed by atoms with E-state index in [0.717, 1.165) is 19.4 Å². The molecule has 0 aliphatic carbocycles. The van der Waals surface area contributed by atoms with Crippen LogP contribution in [0.5, 0.6) is 0 Å². The van der Waals surface area contributed by atoms with Gasteiger partial charge >= 0.3 is 0 Å². The molecule has 33 heavy (non-hydrogen) atoms. The highest BCUT2D eigenvalue weighted by atomic mass is 32.2. The summed E-state index contributed by atoms with van der Waals surface area (Å²) < 4.78 is 30.0. The summed E-state index contributed by atoms with van der Waals surface area (Å²) in [6.07, 6.45) is 1.75. The van der Waals surface area contributed by atoms with Crippen LogP contribution in [0.4, 0.5) is 5.69 Å². The molecule has 1 amide bonds. The number of benzene rings is 1. The third-order valence-electron chi connectivity index (χ3n) is 7.32. The molecule has 0 unspecified atom stereocenters. The third-order valence-corrected chi connectivity index (χ3v) is 9.33. The number of piperidine rings is 1. The first-order valence-electron chi connectivity index (χ1n) is 11.9. The van der Waals surface area contributed by atoms with Crippen molar-refractivity contribution in [3.8, 4) is 0 Å². The molecule has 2 aliphatic heterocycles. The fourth-order valence-corrected chi connectivity index (χ4v) is 6.74. The molecule has 2 fully saturated rings. The quantitative estimate of drug-likeness (QED) is 0.684. The first kappa shape index (κ1) is 23.8. The van der Waals surface area contributed by atoms with E-state index in [1.807, 2.05) is 4.90 Å². The predicted molar refractivity (Wildman–Crippen MR) is 131 cm³/mol. The summed E-state index contributed by atoms with van der Waals surface area (Å²) in [6, 6.07) is 10.2. The Morgan fingerprint density at radius 2 is 1.70 bits per heavy atom. The zero-order valence-corrected chi connectivity index (χ0v) is 21.2. The Labute approximate surface area is 198 Å². The Hall–Kier alpha value is -2.32. The van der Waals surface area contributed by atoms with Crippen molar-refractivity contribution < 1.29 is 13.2 Å². The van der Waals surface area contributed by atoms with E-state index in [4.69, 9.17) is 0 Å². The minimum absolute atomic E-state index is 0.106. The maximum absolute atomic E-state index is 13.5. The third kappa shape index (κ3) is 4.55. The molecule has 180 valence electrons. The standard InChI is InChI=1S/C25H36N4O3S/c1-18-9-11-28(12-10-18)33(31,32)24-16-23(26(5)21(24)4)25(30)27-13-14-29(20(3)17-27)22-8-6-7-19(2)15-22/h6-8,15-16,18,20H,9-14,17H2,1-5H3/t20-/m0/s1. The van der Waals surface area contributed by atoms with Crippen LogP contribution in [0, 0.1) is 19.8 Å². The van der Waals surface area contributed by atoms with Crippen LogP contribution < -0.4 is 4.90 Å². The minimum atomic E-state index is -3.61. The van der Waals surface area contributed by atoms with Crippen molar-refractivity contribution >= 4 is 21.6 Å². The Bertz CT molecular complexity index is 1130. The molecule has 0 N–H and O–H groups in total. The van der Waals surface area contributed by atoms with Crippen molar-refractivity contribution in [2.24, 2.45) is 13.0 Å². The molecule has 1 atom stereocenters. The van der Waals surface area contributed by atoms with Gasteiger partial charge in [0.2, 0.25) is 10.0 Å². The maximum Gasteiger partial charge on any atom is 0.270 e. The van der Waals surface area contributed by atoms with Crippen molar-refractivity contribution in [1.82, 2.24) is 13.8 Å². The molecule has 7 nitrogen and oxygen atoms in total. The first-order chi connectivity index (χ1) is 15.6. The molecule has 3 heterocycles. The summed E-state index contributed by atoms with van der Waals surface area (Å²) in [5.74, 6) is 0.441. The molecular weight excluding hydrogens is 436 g/mol. The number of hydrogen-bond donors (Lipinski definition) is 0. The normalized spacial score (nSPS) is 20.9. The Balaban J connectivity index is 1.53. The maximum atomic E-state index is 13.5. The smallest absolute Gasteiger partial charge is 0.270 e. The summed E-state index contributed by atoms with van der Waals surface area (Å²) >= 11 is 0. The summed E-state index contributed by atoms with van der Waals surface area (Å²) in [5.41, 5.74) is 3.44. The van der Waals surface area contributed by atoms with E-state index in [1.165, 1.54) is 11.3 Å². The van der Waals surface area contributed by atoms with Gasteiger partial charge in [0.25, 0.3) is 5.91 Å². The van der Waals surface area contributed by atoms with Crippen LogP contribution in [-0.4, -0.2) is 66.9 Å². The highest BCUT2D eigenvalue weighted by Gasteiger charge is 2.34. The summed E-state index contributed by atoms with van der Waals surface area (Å²) in [7, 11) is -1.82. The molecule has 0 saturated carbocycles. The van der Waals surface area contributed by atoms with Gasteiger partial charge in [0.05, 0.1) is 0 Å². The van der Waals surface area contributed by atoms with Crippen LogP contribution in [0.15, 0.2) is 35.2 Å². The van der Waals surface area contributed by atoms with Crippen molar-refractivity contribution in [3.05, 3.63) is 47.3 Å². The average Bonchev–Trinajstić information content (AvgIpc) is 3.08. The highest BCUT2D eigenvalue weighted by Crippen LogP contribution is 2.29. The Kier molecular flexibility index (Phi) is 6.60. The van der Waals surface area contributed by atoms with Gasteiger partial charge in [0, 0.05) is 57.2 Å². The lowest BCUT2D eigenvalue weighted by Gasteiger charge is -2.41. The topological polar surface area (TPSA) is 65.9 Å². The van der Waals surface area contributed by atoms with Gasteiger partial charge in [-0.2, -0.15) is 4.31 Å². The minimum Gasteiger partial charge on any atom is -0.365 e. The monoisotopic (exact) mass is 472 g/mol. The van der Waals surface area contributed by atoms with Gasteiger partial charge in [-0.3, -0.25) is 4.79 Å². The molecule has 1 aromatic carbocycles. The fraction of sp³-hybridized carbons (Fsp3) is 0.560. The molecule has 2 aliphatic rings. The summed E-state index contributed by atoms with van der Waals surface area (Å²) in [5, 5.41) is 0. The molecule has 0 bridgehead atoms. The van der Waals surface area contributed by atoms with E-state index < -0.39 is 10.0 Å². The van der Waals surface area contributed by atoms with E-state index in [0.29, 0.717) is 43.5 Å². The van der Waals surface area contributed by atoms with E-state index >= 15 is 0 Å². The lowest BCUT2D eigenvalue weighted by molar-refractivity contribution is 0.0716. The van der Waals surface area contributed by atoms with Gasteiger partial charge in [0.15, 0.2) is 0 Å². The van der Waals surface area contributed by atoms with Crippen LogP contribution in [0.25, 0.3) is 0 Å². The lowest BCUT2D eigenvalue weighted by atomic mass is 10.0. The SMILES string of the molecule is Cc1cccc(N2CCN(C(=O)c3cc(S(=O)(=O)N4CCC(C)CC4)c(C)n3C)C[C@@H]2C)c1. The van der Waals surface area contributed by atoms with Crippen molar-refractivity contribution in [3.63, 3.8) is 0 Å².